The normalized spacial score (nSPS) is 11.6. The molecular weight excluding hydrogens is 478 g/mol. The highest BCUT2D eigenvalue weighted by atomic mass is 79.9. The van der Waals surface area contributed by atoms with Crippen LogP contribution in [-0.4, -0.2) is 45.3 Å². The standard InChI is InChI=1S/C27H40BrN3O2/c1-7-8-15-30(26(33)20-31(21(2)3)25(32)17-27(4,5)6)19-24-10-9-16-29(24)18-22-11-13-23(28)14-12-22/h9-14,16,21H,7-8,15,17-20H2,1-6H3. The summed E-state index contributed by atoms with van der Waals surface area (Å²) in [5.74, 6) is 0.0516. The van der Waals surface area contributed by atoms with Gasteiger partial charge in [0.1, 0.15) is 0 Å². The minimum Gasteiger partial charge on any atom is -0.345 e. The van der Waals surface area contributed by atoms with Crippen LogP contribution in [0.3, 0.4) is 0 Å². The minimum absolute atomic E-state index is 0.0100. The lowest BCUT2D eigenvalue weighted by atomic mass is 9.91. The molecule has 182 valence electrons. The van der Waals surface area contributed by atoms with E-state index in [4.69, 9.17) is 0 Å². The Kier molecular flexibility index (Phi) is 10.2. The molecule has 0 saturated heterocycles. The van der Waals surface area contributed by atoms with Crippen molar-refractivity contribution in [1.82, 2.24) is 14.4 Å². The van der Waals surface area contributed by atoms with Crippen molar-refractivity contribution in [1.29, 1.82) is 0 Å². The zero-order valence-electron chi connectivity index (χ0n) is 21.1. The van der Waals surface area contributed by atoms with Crippen LogP contribution in [-0.2, 0) is 22.7 Å². The zero-order chi connectivity index (χ0) is 24.6. The van der Waals surface area contributed by atoms with Crippen LogP contribution in [0.1, 0.15) is 72.1 Å². The van der Waals surface area contributed by atoms with Crippen molar-refractivity contribution in [2.24, 2.45) is 5.41 Å². The van der Waals surface area contributed by atoms with E-state index >= 15 is 0 Å². The topological polar surface area (TPSA) is 45.6 Å². The Bertz CT molecular complexity index is 897. The predicted molar refractivity (Wildman–Crippen MR) is 139 cm³/mol. The highest BCUT2D eigenvalue weighted by Gasteiger charge is 2.27. The van der Waals surface area contributed by atoms with E-state index in [0.717, 1.165) is 29.6 Å². The highest BCUT2D eigenvalue weighted by Crippen LogP contribution is 2.21. The van der Waals surface area contributed by atoms with E-state index in [0.29, 0.717) is 19.5 Å². The molecule has 1 aromatic heterocycles. The Morgan fingerprint density at radius 1 is 1.06 bits per heavy atom. The van der Waals surface area contributed by atoms with Crippen LogP contribution in [0.4, 0.5) is 0 Å². The summed E-state index contributed by atoms with van der Waals surface area (Å²) in [6.45, 7) is 14.4. The minimum atomic E-state index is -0.108. The average Bonchev–Trinajstić information content (AvgIpc) is 3.15. The molecule has 0 fully saturated rings. The van der Waals surface area contributed by atoms with Gasteiger partial charge >= 0.3 is 0 Å². The number of benzene rings is 1. The van der Waals surface area contributed by atoms with Gasteiger partial charge in [-0.25, -0.2) is 0 Å². The number of rotatable bonds is 11. The summed E-state index contributed by atoms with van der Waals surface area (Å²) in [6, 6.07) is 12.4. The summed E-state index contributed by atoms with van der Waals surface area (Å²) in [5.41, 5.74) is 2.20. The molecule has 0 atom stereocenters. The van der Waals surface area contributed by atoms with Crippen molar-refractivity contribution in [3.63, 3.8) is 0 Å². The van der Waals surface area contributed by atoms with Gasteiger partial charge in [-0.3, -0.25) is 9.59 Å². The van der Waals surface area contributed by atoms with E-state index in [9.17, 15) is 9.59 Å². The molecule has 0 N–H and O–H groups in total. The molecule has 1 heterocycles. The van der Waals surface area contributed by atoms with Crippen LogP contribution < -0.4 is 0 Å². The van der Waals surface area contributed by atoms with Crippen LogP contribution in [0.5, 0.6) is 0 Å². The summed E-state index contributed by atoms with van der Waals surface area (Å²) in [5, 5.41) is 0. The number of nitrogens with zero attached hydrogens (tertiary/aromatic N) is 3. The van der Waals surface area contributed by atoms with E-state index in [2.05, 4.69) is 72.6 Å². The second-order valence-corrected chi connectivity index (χ2v) is 11.2. The van der Waals surface area contributed by atoms with Gasteiger partial charge in [0.2, 0.25) is 11.8 Å². The van der Waals surface area contributed by atoms with Gasteiger partial charge in [-0.05, 0) is 55.5 Å². The van der Waals surface area contributed by atoms with Crippen molar-refractivity contribution in [3.8, 4) is 0 Å². The van der Waals surface area contributed by atoms with Crippen molar-refractivity contribution < 1.29 is 9.59 Å². The summed E-state index contributed by atoms with van der Waals surface area (Å²) >= 11 is 3.49. The van der Waals surface area contributed by atoms with Gasteiger partial charge in [0.25, 0.3) is 0 Å². The maximum Gasteiger partial charge on any atom is 0.242 e. The Morgan fingerprint density at radius 3 is 2.30 bits per heavy atom. The van der Waals surface area contributed by atoms with Gasteiger partial charge in [0, 0.05) is 41.9 Å². The Labute approximate surface area is 208 Å². The van der Waals surface area contributed by atoms with Crippen LogP contribution in [0.15, 0.2) is 47.1 Å². The first-order chi connectivity index (χ1) is 15.5. The molecule has 0 spiro atoms. The lowest BCUT2D eigenvalue weighted by Gasteiger charge is -2.32. The molecule has 0 saturated carbocycles. The molecule has 0 unspecified atom stereocenters. The number of unbranched alkanes of at least 4 members (excludes halogenated alkanes) is 1. The molecule has 0 aliphatic carbocycles. The molecule has 0 bridgehead atoms. The summed E-state index contributed by atoms with van der Waals surface area (Å²) in [7, 11) is 0. The fraction of sp³-hybridized carbons (Fsp3) is 0.556. The molecule has 33 heavy (non-hydrogen) atoms. The summed E-state index contributed by atoms with van der Waals surface area (Å²) in [6.07, 6.45) is 4.45. The van der Waals surface area contributed by atoms with Crippen LogP contribution in [0.25, 0.3) is 0 Å². The maximum atomic E-state index is 13.4. The molecule has 5 nitrogen and oxygen atoms in total. The first-order valence-corrected chi connectivity index (χ1v) is 12.7. The van der Waals surface area contributed by atoms with E-state index in [1.807, 2.05) is 36.9 Å². The van der Waals surface area contributed by atoms with Gasteiger partial charge in [-0.1, -0.05) is 62.2 Å². The lowest BCUT2D eigenvalue weighted by molar-refractivity contribution is -0.143. The molecule has 2 aromatic rings. The van der Waals surface area contributed by atoms with Crippen LogP contribution in [0, 0.1) is 5.41 Å². The molecule has 0 aliphatic heterocycles. The first kappa shape index (κ1) is 27.2. The summed E-state index contributed by atoms with van der Waals surface area (Å²) < 4.78 is 3.26. The summed E-state index contributed by atoms with van der Waals surface area (Å²) in [4.78, 5) is 29.9. The predicted octanol–water partition coefficient (Wildman–Crippen LogP) is 6.10. The molecule has 1 aromatic carbocycles. The number of halogens is 1. The average molecular weight is 519 g/mol. The quantitative estimate of drug-likeness (QED) is 0.361. The van der Waals surface area contributed by atoms with Gasteiger partial charge in [0.05, 0.1) is 13.1 Å². The van der Waals surface area contributed by atoms with Crippen molar-refractivity contribution in [2.45, 2.75) is 79.9 Å². The van der Waals surface area contributed by atoms with E-state index in [1.54, 1.807) is 4.90 Å². The zero-order valence-corrected chi connectivity index (χ0v) is 22.7. The molecule has 0 radical (unpaired) electrons. The fourth-order valence-corrected chi connectivity index (χ4v) is 3.99. The number of aromatic nitrogens is 1. The molecule has 2 amide bonds. The van der Waals surface area contributed by atoms with Gasteiger partial charge < -0.3 is 14.4 Å². The Hall–Kier alpha value is -2.08. The number of carbonyl (C=O) groups is 2. The van der Waals surface area contributed by atoms with Crippen LogP contribution >= 0.6 is 15.9 Å². The van der Waals surface area contributed by atoms with Crippen molar-refractivity contribution >= 4 is 27.7 Å². The first-order valence-electron chi connectivity index (χ1n) is 12.0. The van der Waals surface area contributed by atoms with Crippen LogP contribution in [0.2, 0.25) is 0 Å². The fourth-order valence-electron chi connectivity index (χ4n) is 3.73. The number of carbonyl (C=O) groups excluding carboxylic acids is 2. The van der Waals surface area contributed by atoms with Crippen molar-refractivity contribution in [2.75, 3.05) is 13.1 Å². The monoisotopic (exact) mass is 517 g/mol. The van der Waals surface area contributed by atoms with Crippen molar-refractivity contribution in [3.05, 3.63) is 58.3 Å². The number of hydrogen-bond acceptors (Lipinski definition) is 2. The SMILES string of the molecule is CCCCN(Cc1cccn1Cc1ccc(Br)cc1)C(=O)CN(C(=O)CC(C)(C)C)C(C)C. The van der Waals surface area contributed by atoms with Gasteiger partial charge in [0.15, 0.2) is 0 Å². The maximum absolute atomic E-state index is 13.4. The second-order valence-electron chi connectivity index (χ2n) is 10.3. The Balaban J connectivity index is 2.15. The third kappa shape index (κ3) is 9.00. The largest absolute Gasteiger partial charge is 0.345 e. The Morgan fingerprint density at radius 2 is 1.73 bits per heavy atom. The highest BCUT2D eigenvalue weighted by molar-refractivity contribution is 9.10. The molecule has 0 aliphatic rings. The third-order valence-electron chi connectivity index (χ3n) is 5.61. The third-order valence-corrected chi connectivity index (χ3v) is 6.14. The van der Waals surface area contributed by atoms with Gasteiger partial charge in [-0.2, -0.15) is 0 Å². The smallest absolute Gasteiger partial charge is 0.242 e. The van der Waals surface area contributed by atoms with E-state index in [1.165, 1.54) is 5.56 Å². The second kappa shape index (κ2) is 12.4. The molecule has 6 heteroatoms. The lowest BCUT2D eigenvalue weighted by Crippen LogP contribution is -2.46. The van der Waals surface area contributed by atoms with E-state index in [-0.39, 0.29) is 29.8 Å². The molecule has 2 rings (SSSR count). The van der Waals surface area contributed by atoms with Gasteiger partial charge in [-0.15, -0.1) is 0 Å². The van der Waals surface area contributed by atoms with E-state index < -0.39 is 0 Å². The number of hydrogen-bond donors (Lipinski definition) is 0. The molecular formula is C27H40BrN3O2. The number of amides is 2.